The molecule has 0 bridgehead atoms. The predicted octanol–water partition coefficient (Wildman–Crippen LogP) is 3.37. The highest BCUT2D eigenvalue weighted by Gasteiger charge is 2.39. The molecule has 1 unspecified atom stereocenters. The van der Waals surface area contributed by atoms with Crippen molar-refractivity contribution in [1.29, 1.82) is 0 Å². The summed E-state index contributed by atoms with van der Waals surface area (Å²) in [6.07, 6.45) is -3.53. The zero-order chi connectivity index (χ0) is 15.1. The lowest BCUT2D eigenvalue weighted by Crippen LogP contribution is -2.27. The molecule has 0 N–H and O–H groups in total. The Morgan fingerprint density at radius 1 is 1.45 bits per heavy atom. The number of hydrogen-bond donors (Lipinski definition) is 0. The smallest absolute Gasteiger partial charge is 0.418 e. The highest BCUT2D eigenvalue weighted by atomic mass is 19.4. The number of halogens is 3. The van der Waals surface area contributed by atoms with Crippen molar-refractivity contribution >= 4 is 5.97 Å². The number of carbonyl (C=O) groups excluding carboxylic acids is 1. The number of hydrogen-bond acceptors (Lipinski definition) is 2. The summed E-state index contributed by atoms with van der Waals surface area (Å²) in [5, 5.41) is 0. The van der Waals surface area contributed by atoms with Crippen molar-refractivity contribution in [3.05, 3.63) is 23.0 Å². The predicted molar refractivity (Wildman–Crippen MR) is 67.4 cm³/mol. The summed E-state index contributed by atoms with van der Waals surface area (Å²) in [4.78, 5) is 11.5. The third-order valence-electron chi connectivity index (χ3n) is 3.77. The molecular weight excluding hydrogens is 271 g/mol. The van der Waals surface area contributed by atoms with Gasteiger partial charge >= 0.3 is 12.1 Å². The Kier molecular flexibility index (Phi) is 3.84. The Bertz CT molecular complexity index is 517. The molecule has 3 nitrogen and oxygen atoms in total. The molecular formula is C14H18F3NO2. The summed E-state index contributed by atoms with van der Waals surface area (Å²) in [5.41, 5.74) is 0.312. The molecule has 2 rings (SSSR count). The van der Waals surface area contributed by atoms with Crippen molar-refractivity contribution in [3.8, 4) is 0 Å². The van der Waals surface area contributed by atoms with E-state index >= 15 is 0 Å². The van der Waals surface area contributed by atoms with Gasteiger partial charge in [-0.2, -0.15) is 13.2 Å². The van der Waals surface area contributed by atoms with Crippen molar-refractivity contribution in [3.63, 3.8) is 0 Å². The van der Waals surface area contributed by atoms with Gasteiger partial charge in [-0.25, -0.2) is 0 Å². The zero-order valence-corrected chi connectivity index (χ0v) is 11.8. The number of methoxy groups -OCH3 is 1. The van der Waals surface area contributed by atoms with E-state index < -0.39 is 11.7 Å². The zero-order valence-electron chi connectivity index (χ0n) is 11.8. The Balaban J connectivity index is 2.43. The van der Waals surface area contributed by atoms with Crippen LogP contribution in [0.5, 0.6) is 0 Å². The normalized spacial score (nSPS) is 19.1. The van der Waals surface area contributed by atoms with E-state index in [0.29, 0.717) is 30.8 Å². The molecule has 0 radical (unpaired) electrons. The summed E-state index contributed by atoms with van der Waals surface area (Å²) in [6, 6.07) is 1.18. The molecule has 1 aliphatic heterocycles. The standard InChI is InChI=1S/C14H18F3NO2/c1-8(2)12-11(14(15,16)17)7-10-6-9(13(19)20-3)4-5-18(10)12/h7-9H,4-6H2,1-3H3. The maximum atomic E-state index is 13.1. The molecule has 20 heavy (non-hydrogen) atoms. The number of esters is 1. The van der Waals surface area contributed by atoms with Gasteiger partial charge in [-0.05, 0) is 18.4 Å². The molecule has 0 aliphatic carbocycles. The SMILES string of the molecule is COC(=O)C1CCn2c(cc(C(F)(F)F)c2C(C)C)C1. The molecule has 1 atom stereocenters. The lowest BCUT2D eigenvalue weighted by molar-refractivity contribution is -0.146. The number of carbonyl (C=O) groups is 1. The van der Waals surface area contributed by atoms with Crippen molar-refractivity contribution in [2.45, 2.75) is 45.3 Å². The first kappa shape index (κ1) is 14.9. The van der Waals surface area contributed by atoms with Crippen molar-refractivity contribution < 1.29 is 22.7 Å². The Hall–Kier alpha value is -1.46. The van der Waals surface area contributed by atoms with Crippen molar-refractivity contribution in [2.75, 3.05) is 7.11 Å². The van der Waals surface area contributed by atoms with Gasteiger partial charge in [-0.1, -0.05) is 13.8 Å². The Morgan fingerprint density at radius 2 is 2.10 bits per heavy atom. The molecule has 1 aromatic heterocycles. The van der Waals surface area contributed by atoms with Crippen LogP contribution in [-0.4, -0.2) is 17.6 Å². The number of alkyl halides is 3. The van der Waals surface area contributed by atoms with Crippen LogP contribution in [0.3, 0.4) is 0 Å². The van der Waals surface area contributed by atoms with Gasteiger partial charge < -0.3 is 9.30 Å². The largest absolute Gasteiger partial charge is 0.469 e. The first-order valence-electron chi connectivity index (χ1n) is 6.63. The van der Waals surface area contributed by atoms with Crippen LogP contribution in [0.2, 0.25) is 0 Å². The minimum absolute atomic E-state index is 0.213. The van der Waals surface area contributed by atoms with E-state index in [1.54, 1.807) is 18.4 Å². The maximum Gasteiger partial charge on any atom is 0.418 e. The Labute approximate surface area is 115 Å². The topological polar surface area (TPSA) is 31.2 Å². The molecule has 0 saturated heterocycles. The molecule has 0 fully saturated rings. The fraction of sp³-hybridized carbons (Fsp3) is 0.643. The van der Waals surface area contributed by atoms with Gasteiger partial charge in [0, 0.05) is 24.4 Å². The summed E-state index contributed by atoms with van der Waals surface area (Å²) in [7, 11) is 1.30. The molecule has 0 amide bonds. The van der Waals surface area contributed by atoms with Crippen LogP contribution in [0.1, 0.15) is 43.1 Å². The minimum atomic E-state index is -4.36. The van der Waals surface area contributed by atoms with Gasteiger partial charge in [-0.15, -0.1) is 0 Å². The molecule has 0 aromatic carbocycles. The highest BCUT2D eigenvalue weighted by molar-refractivity contribution is 5.72. The average Bonchev–Trinajstić information content (AvgIpc) is 2.76. The average molecular weight is 289 g/mol. The number of fused-ring (bicyclic) bond motifs is 1. The van der Waals surface area contributed by atoms with Crippen LogP contribution < -0.4 is 0 Å². The number of rotatable bonds is 2. The lowest BCUT2D eigenvalue weighted by Gasteiger charge is -2.25. The lowest BCUT2D eigenvalue weighted by atomic mass is 9.96. The van der Waals surface area contributed by atoms with Crippen LogP contribution in [0.25, 0.3) is 0 Å². The first-order chi connectivity index (χ1) is 9.25. The van der Waals surface area contributed by atoms with Gasteiger partial charge in [-0.3, -0.25) is 4.79 Å². The second-order valence-electron chi connectivity index (χ2n) is 5.45. The van der Waals surface area contributed by atoms with Crippen LogP contribution in [0.15, 0.2) is 6.07 Å². The molecule has 112 valence electrons. The summed E-state index contributed by atoms with van der Waals surface area (Å²) < 4.78 is 45.7. The van der Waals surface area contributed by atoms with E-state index in [0.717, 1.165) is 0 Å². The second kappa shape index (κ2) is 5.14. The molecule has 1 aromatic rings. The van der Waals surface area contributed by atoms with Crippen LogP contribution >= 0.6 is 0 Å². The number of nitrogens with zero attached hydrogens (tertiary/aromatic N) is 1. The highest BCUT2D eigenvalue weighted by Crippen LogP contribution is 2.39. The van der Waals surface area contributed by atoms with Gasteiger partial charge in [0.15, 0.2) is 0 Å². The van der Waals surface area contributed by atoms with E-state index in [-0.39, 0.29) is 17.8 Å². The van der Waals surface area contributed by atoms with Gasteiger partial charge in [0.05, 0.1) is 18.6 Å². The fourth-order valence-corrected chi connectivity index (χ4v) is 2.91. The van der Waals surface area contributed by atoms with Crippen LogP contribution in [-0.2, 0) is 28.7 Å². The van der Waals surface area contributed by atoms with E-state index in [4.69, 9.17) is 0 Å². The molecule has 1 aliphatic rings. The van der Waals surface area contributed by atoms with E-state index in [1.807, 2.05) is 0 Å². The molecule has 2 heterocycles. The first-order valence-corrected chi connectivity index (χ1v) is 6.63. The van der Waals surface area contributed by atoms with E-state index in [1.165, 1.54) is 13.2 Å². The summed E-state index contributed by atoms with van der Waals surface area (Å²) in [6.45, 7) is 3.94. The van der Waals surface area contributed by atoms with Crippen molar-refractivity contribution in [2.24, 2.45) is 5.92 Å². The third-order valence-corrected chi connectivity index (χ3v) is 3.77. The molecule has 0 saturated carbocycles. The fourth-order valence-electron chi connectivity index (χ4n) is 2.91. The number of ether oxygens (including phenoxy) is 1. The van der Waals surface area contributed by atoms with Gasteiger partial charge in [0.2, 0.25) is 0 Å². The van der Waals surface area contributed by atoms with Gasteiger partial charge in [0.25, 0.3) is 0 Å². The van der Waals surface area contributed by atoms with Gasteiger partial charge in [0.1, 0.15) is 0 Å². The third kappa shape index (κ3) is 2.55. The summed E-state index contributed by atoms with van der Waals surface area (Å²) in [5.74, 6) is -0.907. The quantitative estimate of drug-likeness (QED) is 0.782. The molecule has 0 spiro atoms. The molecule has 6 heteroatoms. The maximum absolute atomic E-state index is 13.1. The number of aromatic nitrogens is 1. The van der Waals surface area contributed by atoms with E-state index in [9.17, 15) is 18.0 Å². The monoisotopic (exact) mass is 289 g/mol. The Morgan fingerprint density at radius 3 is 2.60 bits per heavy atom. The summed E-state index contributed by atoms with van der Waals surface area (Å²) >= 11 is 0. The van der Waals surface area contributed by atoms with Crippen LogP contribution in [0, 0.1) is 5.92 Å². The van der Waals surface area contributed by atoms with E-state index in [2.05, 4.69) is 4.74 Å². The minimum Gasteiger partial charge on any atom is -0.469 e. The second-order valence-corrected chi connectivity index (χ2v) is 5.45. The van der Waals surface area contributed by atoms with Crippen molar-refractivity contribution in [1.82, 2.24) is 4.57 Å². The van der Waals surface area contributed by atoms with Crippen LogP contribution in [0.4, 0.5) is 13.2 Å².